The van der Waals surface area contributed by atoms with Gasteiger partial charge in [0.1, 0.15) is 0 Å². The van der Waals surface area contributed by atoms with Gasteiger partial charge in [-0.25, -0.2) is 4.79 Å². The van der Waals surface area contributed by atoms with Gasteiger partial charge in [-0.1, -0.05) is 35.4 Å². The van der Waals surface area contributed by atoms with Gasteiger partial charge in [0.05, 0.1) is 5.57 Å². The summed E-state index contributed by atoms with van der Waals surface area (Å²) >= 11 is 0. The minimum absolute atomic E-state index is 0.219. The van der Waals surface area contributed by atoms with E-state index in [1.807, 2.05) is 0 Å². The second-order valence-electron chi connectivity index (χ2n) is 3.44. The standard InChI is InChI=1S/C12H9NO4/c1-8(14)17-13-11(15)7-10(12(13)16)9-5-3-2-4-6-9/h2-7H,1H3. The molecule has 2 rings (SSSR count). The van der Waals surface area contributed by atoms with Crippen LogP contribution in [0.25, 0.3) is 5.57 Å². The quantitative estimate of drug-likeness (QED) is 0.710. The van der Waals surface area contributed by atoms with Gasteiger partial charge >= 0.3 is 5.97 Å². The Kier molecular flexibility index (Phi) is 2.74. The van der Waals surface area contributed by atoms with Crippen molar-refractivity contribution in [1.82, 2.24) is 5.06 Å². The van der Waals surface area contributed by atoms with Crippen molar-refractivity contribution in [3.63, 3.8) is 0 Å². The van der Waals surface area contributed by atoms with Crippen LogP contribution in [0.1, 0.15) is 12.5 Å². The van der Waals surface area contributed by atoms with Crippen molar-refractivity contribution in [3.8, 4) is 0 Å². The Morgan fingerprint density at radius 3 is 2.41 bits per heavy atom. The SMILES string of the molecule is CC(=O)ON1C(=O)C=C(c2ccccc2)C1=O. The summed E-state index contributed by atoms with van der Waals surface area (Å²) in [5.74, 6) is -1.99. The minimum Gasteiger partial charge on any atom is -0.330 e. The fraction of sp³-hybridized carbons (Fsp3) is 0.0833. The van der Waals surface area contributed by atoms with E-state index in [0.29, 0.717) is 10.6 Å². The Bertz CT molecular complexity index is 519. The first kappa shape index (κ1) is 11.1. The summed E-state index contributed by atoms with van der Waals surface area (Å²) in [5.41, 5.74) is 0.831. The molecular weight excluding hydrogens is 222 g/mol. The van der Waals surface area contributed by atoms with Gasteiger partial charge in [-0.3, -0.25) is 9.59 Å². The summed E-state index contributed by atoms with van der Waals surface area (Å²) in [6.07, 6.45) is 1.15. The third kappa shape index (κ3) is 2.08. The number of nitrogens with zero attached hydrogens (tertiary/aromatic N) is 1. The molecule has 0 spiro atoms. The van der Waals surface area contributed by atoms with Crippen LogP contribution < -0.4 is 0 Å². The van der Waals surface area contributed by atoms with Gasteiger partial charge in [0.2, 0.25) is 0 Å². The lowest BCUT2D eigenvalue weighted by Gasteiger charge is -2.11. The molecule has 86 valence electrons. The van der Waals surface area contributed by atoms with E-state index in [2.05, 4.69) is 4.84 Å². The van der Waals surface area contributed by atoms with Crippen LogP contribution in [-0.2, 0) is 19.2 Å². The van der Waals surface area contributed by atoms with Gasteiger partial charge in [0, 0.05) is 13.0 Å². The Morgan fingerprint density at radius 2 is 1.82 bits per heavy atom. The Balaban J connectivity index is 2.29. The number of carbonyl (C=O) groups excluding carboxylic acids is 3. The van der Waals surface area contributed by atoms with Gasteiger partial charge in [0.15, 0.2) is 0 Å². The lowest BCUT2D eigenvalue weighted by atomic mass is 10.1. The fourth-order valence-corrected chi connectivity index (χ4v) is 1.49. The van der Waals surface area contributed by atoms with Gasteiger partial charge < -0.3 is 4.84 Å². The molecule has 1 aliphatic rings. The van der Waals surface area contributed by atoms with Crippen molar-refractivity contribution in [1.29, 1.82) is 0 Å². The van der Waals surface area contributed by atoms with Gasteiger partial charge in [0.25, 0.3) is 11.8 Å². The summed E-state index contributed by atoms with van der Waals surface area (Å²) < 4.78 is 0. The highest BCUT2D eigenvalue weighted by Crippen LogP contribution is 2.23. The van der Waals surface area contributed by atoms with E-state index in [0.717, 1.165) is 13.0 Å². The van der Waals surface area contributed by atoms with E-state index in [4.69, 9.17) is 0 Å². The Hall–Kier alpha value is -2.43. The first-order valence-corrected chi connectivity index (χ1v) is 4.93. The number of carbonyl (C=O) groups is 3. The molecule has 0 bridgehead atoms. The maximum Gasteiger partial charge on any atom is 0.330 e. The molecule has 5 nitrogen and oxygen atoms in total. The Morgan fingerprint density at radius 1 is 1.18 bits per heavy atom. The van der Waals surface area contributed by atoms with Crippen LogP contribution in [-0.4, -0.2) is 22.8 Å². The predicted molar refractivity (Wildman–Crippen MR) is 58.0 cm³/mol. The first-order valence-electron chi connectivity index (χ1n) is 4.93. The summed E-state index contributed by atoms with van der Waals surface area (Å²) in [5, 5.41) is 0.463. The molecule has 5 heteroatoms. The Labute approximate surface area is 97.2 Å². The van der Waals surface area contributed by atoms with Crippen LogP contribution in [0.4, 0.5) is 0 Å². The predicted octanol–water partition coefficient (Wildman–Crippen LogP) is 0.917. The summed E-state index contributed by atoms with van der Waals surface area (Å²) in [6, 6.07) is 8.71. The maximum absolute atomic E-state index is 11.8. The van der Waals surface area contributed by atoms with Gasteiger partial charge in [-0.15, -0.1) is 0 Å². The smallest absolute Gasteiger partial charge is 0.330 e. The molecule has 0 saturated heterocycles. The van der Waals surface area contributed by atoms with E-state index >= 15 is 0 Å². The summed E-state index contributed by atoms with van der Waals surface area (Å²) in [6.45, 7) is 1.13. The van der Waals surface area contributed by atoms with Crippen molar-refractivity contribution in [2.75, 3.05) is 0 Å². The second kappa shape index (κ2) is 4.21. The molecule has 0 atom stereocenters. The van der Waals surface area contributed by atoms with Crippen LogP contribution in [0.5, 0.6) is 0 Å². The van der Waals surface area contributed by atoms with E-state index in [1.54, 1.807) is 30.3 Å². The van der Waals surface area contributed by atoms with Crippen LogP contribution in [0.15, 0.2) is 36.4 Å². The molecule has 0 radical (unpaired) electrons. The number of benzene rings is 1. The molecule has 0 saturated carbocycles. The third-order valence-electron chi connectivity index (χ3n) is 2.19. The average molecular weight is 231 g/mol. The van der Waals surface area contributed by atoms with Crippen LogP contribution in [0.3, 0.4) is 0 Å². The van der Waals surface area contributed by atoms with Crippen molar-refractivity contribution in [3.05, 3.63) is 42.0 Å². The van der Waals surface area contributed by atoms with Crippen molar-refractivity contribution < 1.29 is 19.2 Å². The molecule has 1 aromatic rings. The lowest BCUT2D eigenvalue weighted by molar-refractivity contribution is -0.194. The number of hydroxylamine groups is 2. The molecule has 0 unspecified atom stereocenters. The molecular formula is C12H9NO4. The van der Waals surface area contributed by atoms with Crippen molar-refractivity contribution in [2.24, 2.45) is 0 Å². The number of hydrogen-bond donors (Lipinski definition) is 0. The number of imide groups is 1. The number of rotatable bonds is 2. The van der Waals surface area contributed by atoms with Crippen molar-refractivity contribution in [2.45, 2.75) is 6.92 Å². The zero-order valence-corrected chi connectivity index (χ0v) is 9.04. The number of amides is 2. The third-order valence-corrected chi connectivity index (χ3v) is 2.19. The molecule has 0 aromatic heterocycles. The van der Waals surface area contributed by atoms with Crippen LogP contribution >= 0.6 is 0 Å². The summed E-state index contributed by atoms with van der Waals surface area (Å²) in [4.78, 5) is 38.5. The molecule has 1 heterocycles. The monoisotopic (exact) mass is 231 g/mol. The lowest BCUT2D eigenvalue weighted by Crippen LogP contribution is -2.32. The van der Waals surface area contributed by atoms with E-state index in [-0.39, 0.29) is 5.57 Å². The summed E-state index contributed by atoms with van der Waals surface area (Å²) in [7, 11) is 0. The molecule has 0 N–H and O–H groups in total. The number of hydrogen-bond acceptors (Lipinski definition) is 4. The highest BCUT2D eigenvalue weighted by atomic mass is 16.7. The van der Waals surface area contributed by atoms with Crippen LogP contribution in [0.2, 0.25) is 0 Å². The van der Waals surface area contributed by atoms with Crippen molar-refractivity contribution >= 4 is 23.4 Å². The second-order valence-corrected chi connectivity index (χ2v) is 3.44. The highest BCUT2D eigenvalue weighted by molar-refractivity contribution is 6.32. The topological polar surface area (TPSA) is 63.7 Å². The van der Waals surface area contributed by atoms with E-state index in [1.165, 1.54) is 0 Å². The first-order chi connectivity index (χ1) is 8.09. The molecule has 2 amide bonds. The molecule has 1 aromatic carbocycles. The van der Waals surface area contributed by atoms with Gasteiger partial charge in [-0.2, -0.15) is 0 Å². The molecule has 0 aliphatic carbocycles. The average Bonchev–Trinajstić information content (AvgIpc) is 2.58. The molecule has 17 heavy (non-hydrogen) atoms. The molecule has 0 fully saturated rings. The molecule has 1 aliphatic heterocycles. The van der Waals surface area contributed by atoms with E-state index < -0.39 is 17.8 Å². The maximum atomic E-state index is 11.8. The van der Waals surface area contributed by atoms with Gasteiger partial charge in [-0.05, 0) is 5.56 Å². The zero-order chi connectivity index (χ0) is 12.4. The van der Waals surface area contributed by atoms with Crippen LogP contribution in [0, 0.1) is 0 Å². The fourth-order valence-electron chi connectivity index (χ4n) is 1.49. The minimum atomic E-state index is -0.714. The normalized spacial score (nSPS) is 14.9. The largest absolute Gasteiger partial charge is 0.330 e. The van der Waals surface area contributed by atoms with E-state index in [9.17, 15) is 14.4 Å². The highest BCUT2D eigenvalue weighted by Gasteiger charge is 2.34. The zero-order valence-electron chi connectivity index (χ0n) is 9.04.